The maximum atomic E-state index is 5.62. The van der Waals surface area contributed by atoms with Crippen molar-refractivity contribution in [3.05, 3.63) is 35.4 Å². The lowest BCUT2D eigenvalue weighted by Crippen LogP contribution is -2.30. The molecule has 1 unspecified atom stereocenters. The van der Waals surface area contributed by atoms with E-state index < -0.39 is 0 Å². The average Bonchev–Trinajstić information content (AvgIpc) is 2.42. The highest BCUT2D eigenvalue weighted by molar-refractivity contribution is 5.30. The van der Waals surface area contributed by atoms with Crippen LogP contribution in [0.1, 0.15) is 37.4 Å². The minimum atomic E-state index is 0.329. The molecule has 3 heteroatoms. The lowest BCUT2D eigenvalue weighted by molar-refractivity contribution is 0.0786. The van der Waals surface area contributed by atoms with Gasteiger partial charge in [0.25, 0.3) is 0 Å². The van der Waals surface area contributed by atoms with E-state index in [1.807, 2.05) is 0 Å². The molecule has 1 aromatic rings. The Balaban J connectivity index is 1.70. The van der Waals surface area contributed by atoms with Gasteiger partial charge in [-0.05, 0) is 30.0 Å². The van der Waals surface area contributed by atoms with Crippen molar-refractivity contribution in [2.75, 3.05) is 26.4 Å². The third-order valence-corrected chi connectivity index (χ3v) is 3.28. The van der Waals surface area contributed by atoms with E-state index in [0.717, 1.165) is 39.4 Å². The van der Waals surface area contributed by atoms with E-state index >= 15 is 0 Å². The summed E-state index contributed by atoms with van der Waals surface area (Å²) in [5, 5.41) is 3.56. The Bertz CT molecular complexity index is 379. The van der Waals surface area contributed by atoms with Crippen LogP contribution in [-0.4, -0.2) is 26.4 Å². The van der Waals surface area contributed by atoms with E-state index in [1.54, 1.807) is 0 Å². The fourth-order valence-electron chi connectivity index (χ4n) is 2.32. The molecule has 1 aromatic carbocycles. The van der Waals surface area contributed by atoms with Crippen LogP contribution in [0.25, 0.3) is 0 Å². The van der Waals surface area contributed by atoms with Gasteiger partial charge in [0.2, 0.25) is 0 Å². The third-order valence-electron chi connectivity index (χ3n) is 3.28. The molecule has 0 bridgehead atoms. The molecule has 0 fully saturated rings. The number of nitrogens with one attached hydrogen (secondary N) is 1. The maximum absolute atomic E-state index is 5.62. The number of fused-ring (bicyclic) bond motifs is 1. The zero-order valence-electron chi connectivity index (χ0n) is 12.0. The Kier molecular flexibility index (Phi) is 5.83. The van der Waals surface area contributed by atoms with Gasteiger partial charge in [-0.1, -0.05) is 38.1 Å². The molecule has 1 atom stereocenters. The third kappa shape index (κ3) is 4.60. The van der Waals surface area contributed by atoms with E-state index in [2.05, 4.69) is 43.4 Å². The number of hydrogen-bond acceptors (Lipinski definition) is 3. The lowest BCUT2D eigenvalue weighted by Gasteiger charge is -2.26. The van der Waals surface area contributed by atoms with Crippen LogP contribution >= 0.6 is 0 Å². The predicted octanol–water partition coefficient (Wildman–Crippen LogP) is 2.91. The topological polar surface area (TPSA) is 30.5 Å². The van der Waals surface area contributed by atoms with Crippen LogP contribution in [0.4, 0.5) is 0 Å². The minimum Gasteiger partial charge on any atom is -0.381 e. The smallest absolute Gasteiger partial charge is 0.0721 e. The first-order chi connectivity index (χ1) is 9.27. The van der Waals surface area contributed by atoms with Crippen LogP contribution in [0, 0.1) is 5.92 Å². The molecule has 19 heavy (non-hydrogen) atoms. The predicted molar refractivity (Wildman–Crippen MR) is 77.1 cm³/mol. The van der Waals surface area contributed by atoms with E-state index in [4.69, 9.17) is 9.47 Å². The molecule has 1 aliphatic rings. The summed E-state index contributed by atoms with van der Waals surface area (Å²) in [5.41, 5.74) is 2.69. The molecule has 1 aliphatic heterocycles. The Morgan fingerprint density at radius 1 is 1.37 bits per heavy atom. The zero-order valence-corrected chi connectivity index (χ0v) is 12.0. The van der Waals surface area contributed by atoms with E-state index in [1.165, 1.54) is 11.1 Å². The monoisotopic (exact) mass is 263 g/mol. The average molecular weight is 263 g/mol. The van der Waals surface area contributed by atoms with Crippen LogP contribution in [0.2, 0.25) is 0 Å². The number of rotatable bonds is 7. The van der Waals surface area contributed by atoms with Gasteiger partial charge in [0.1, 0.15) is 0 Å². The van der Waals surface area contributed by atoms with Crippen molar-refractivity contribution < 1.29 is 9.47 Å². The molecule has 106 valence electrons. The standard InChI is InChI=1S/C16H25NO2/c1-13(2)10-18-9-5-8-17-16-12-19-11-14-6-3-4-7-15(14)16/h3-4,6-7,13,16-17H,5,8-12H2,1-2H3. The Morgan fingerprint density at radius 3 is 3.05 bits per heavy atom. The molecule has 0 amide bonds. The summed E-state index contributed by atoms with van der Waals surface area (Å²) in [7, 11) is 0. The molecule has 0 spiro atoms. The first-order valence-corrected chi connectivity index (χ1v) is 7.24. The molecule has 3 nitrogen and oxygen atoms in total. The summed E-state index contributed by atoms with van der Waals surface area (Å²) in [6, 6.07) is 8.85. The van der Waals surface area contributed by atoms with Crippen LogP contribution < -0.4 is 5.32 Å². The van der Waals surface area contributed by atoms with Gasteiger partial charge >= 0.3 is 0 Å². The molecule has 0 aromatic heterocycles. The van der Waals surface area contributed by atoms with Gasteiger partial charge in [0.15, 0.2) is 0 Å². The van der Waals surface area contributed by atoms with E-state index in [9.17, 15) is 0 Å². The normalized spacial score (nSPS) is 18.6. The Morgan fingerprint density at radius 2 is 2.21 bits per heavy atom. The van der Waals surface area contributed by atoms with Gasteiger partial charge in [-0.15, -0.1) is 0 Å². The minimum absolute atomic E-state index is 0.329. The first kappa shape index (κ1) is 14.5. The summed E-state index contributed by atoms with van der Waals surface area (Å²) < 4.78 is 11.2. The second-order valence-electron chi connectivity index (χ2n) is 5.54. The number of hydrogen-bond donors (Lipinski definition) is 1. The molecular weight excluding hydrogens is 238 g/mol. The van der Waals surface area contributed by atoms with Crippen molar-refractivity contribution in [3.8, 4) is 0 Å². The van der Waals surface area contributed by atoms with Crippen LogP contribution in [-0.2, 0) is 16.1 Å². The maximum Gasteiger partial charge on any atom is 0.0721 e. The van der Waals surface area contributed by atoms with Crippen molar-refractivity contribution in [3.63, 3.8) is 0 Å². The van der Waals surface area contributed by atoms with E-state index in [-0.39, 0.29) is 0 Å². The summed E-state index contributed by atoms with van der Waals surface area (Å²) in [6.45, 7) is 8.52. The lowest BCUT2D eigenvalue weighted by atomic mass is 9.99. The molecule has 0 radical (unpaired) electrons. The SMILES string of the molecule is CC(C)COCCCNC1COCc2ccccc21. The van der Waals surface area contributed by atoms with Crippen molar-refractivity contribution in [2.45, 2.75) is 32.9 Å². The molecule has 0 saturated carbocycles. The van der Waals surface area contributed by atoms with Crippen molar-refractivity contribution in [1.29, 1.82) is 0 Å². The Hall–Kier alpha value is -0.900. The van der Waals surface area contributed by atoms with Crippen molar-refractivity contribution in [1.82, 2.24) is 5.32 Å². The molecule has 2 rings (SSSR count). The van der Waals surface area contributed by atoms with Crippen molar-refractivity contribution in [2.24, 2.45) is 5.92 Å². The van der Waals surface area contributed by atoms with Gasteiger partial charge in [0, 0.05) is 13.2 Å². The summed E-state index contributed by atoms with van der Waals surface area (Å²) in [6.07, 6.45) is 1.05. The highest BCUT2D eigenvalue weighted by atomic mass is 16.5. The van der Waals surface area contributed by atoms with Gasteiger partial charge in [-0.2, -0.15) is 0 Å². The van der Waals surface area contributed by atoms with Gasteiger partial charge in [0.05, 0.1) is 19.3 Å². The molecule has 0 aliphatic carbocycles. The highest BCUT2D eigenvalue weighted by Gasteiger charge is 2.19. The van der Waals surface area contributed by atoms with Crippen LogP contribution in [0.3, 0.4) is 0 Å². The largest absolute Gasteiger partial charge is 0.381 e. The quantitative estimate of drug-likeness (QED) is 0.767. The second-order valence-corrected chi connectivity index (χ2v) is 5.54. The summed E-state index contributed by atoms with van der Waals surface area (Å²) in [4.78, 5) is 0. The molecule has 1 N–H and O–H groups in total. The zero-order chi connectivity index (χ0) is 13.5. The van der Waals surface area contributed by atoms with Gasteiger partial charge < -0.3 is 14.8 Å². The second kappa shape index (κ2) is 7.63. The molecular formula is C16H25NO2. The van der Waals surface area contributed by atoms with Crippen molar-refractivity contribution >= 4 is 0 Å². The number of ether oxygens (including phenoxy) is 2. The number of benzene rings is 1. The highest BCUT2D eigenvalue weighted by Crippen LogP contribution is 2.24. The van der Waals surface area contributed by atoms with Crippen LogP contribution in [0.5, 0.6) is 0 Å². The fourth-order valence-corrected chi connectivity index (χ4v) is 2.32. The van der Waals surface area contributed by atoms with Crippen LogP contribution in [0.15, 0.2) is 24.3 Å². The summed E-state index contributed by atoms with van der Waals surface area (Å²) >= 11 is 0. The van der Waals surface area contributed by atoms with E-state index in [0.29, 0.717) is 12.0 Å². The van der Waals surface area contributed by atoms with Gasteiger partial charge in [-0.25, -0.2) is 0 Å². The Labute approximate surface area is 116 Å². The fraction of sp³-hybridized carbons (Fsp3) is 0.625. The van der Waals surface area contributed by atoms with Gasteiger partial charge in [-0.3, -0.25) is 0 Å². The summed E-state index contributed by atoms with van der Waals surface area (Å²) in [5.74, 6) is 0.617. The molecule has 1 heterocycles. The first-order valence-electron chi connectivity index (χ1n) is 7.24. The molecule has 0 saturated heterocycles.